The molecule has 0 amide bonds. The van der Waals surface area contributed by atoms with Crippen LogP contribution in [0.2, 0.25) is 0 Å². The third-order valence-corrected chi connectivity index (χ3v) is 3.13. The van der Waals surface area contributed by atoms with Gasteiger partial charge in [0.1, 0.15) is 5.82 Å². The van der Waals surface area contributed by atoms with Crippen LogP contribution in [0.15, 0.2) is 18.2 Å². The van der Waals surface area contributed by atoms with Crippen LogP contribution in [-0.2, 0) is 11.2 Å². The highest BCUT2D eigenvalue weighted by Crippen LogP contribution is 2.15. The molecule has 0 bridgehead atoms. The van der Waals surface area contributed by atoms with Gasteiger partial charge >= 0.3 is 0 Å². The number of hydrogen-bond acceptors (Lipinski definition) is 3. The van der Waals surface area contributed by atoms with Crippen LogP contribution in [0.3, 0.4) is 0 Å². The summed E-state index contributed by atoms with van der Waals surface area (Å²) in [6, 6.07) is 6.39. The van der Waals surface area contributed by atoms with Crippen LogP contribution in [0.5, 0.6) is 0 Å². The van der Waals surface area contributed by atoms with Gasteiger partial charge in [0.2, 0.25) is 0 Å². The Labute approximate surface area is 100 Å². The summed E-state index contributed by atoms with van der Waals surface area (Å²) in [5, 5.41) is 3.35. The van der Waals surface area contributed by atoms with E-state index >= 15 is 0 Å². The Kier molecular flexibility index (Phi) is 2.82. The number of H-pyrrole nitrogens is 1. The largest absolute Gasteiger partial charge is 0.375 e. The topological polar surface area (TPSA) is 49.9 Å². The number of benzene rings is 1. The molecule has 1 saturated heterocycles. The number of aromatic amines is 1. The molecule has 4 nitrogen and oxygen atoms in total. The number of nitrogens with zero attached hydrogens (tertiary/aromatic N) is 1. The minimum atomic E-state index is 0.296. The number of nitrogens with one attached hydrogen (secondary N) is 2. The maximum atomic E-state index is 5.71. The molecular formula is C13H17N3O. The number of hydrogen-bond donors (Lipinski definition) is 2. The Hall–Kier alpha value is -1.39. The standard InChI is InChI=1S/C13H17N3O/c1-9-15-12-3-2-10(7-13(12)16-9)6-11-8-14-4-5-17-11/h2-3,7,11,14H,4-6,8H2,1H3,(H,15,16). The average molecular weight is 231 g/mol. The Bertz CT molecular complexity index is 514. The van der Waals surface area contributed by atoms with Gasteiger partial charge in [-0.3, -0.25) is 0 Å². The van der Waals surface area contributed by atoms with E-state index in [0.717, 1.165) is 43.0 Å². The second-order valence-corrected chi connectivity index (χ2v) is 4.57. The maximum Gasteiger partial charge on any atom is 0.104 e. The zero-order valence-corrected chi connectivity index (χ0v) is 9.99. The van der Waals surface area contributed by atoms with E-state index in [9.17, 15) is 0 Å². The molecule has 1 unspecified atom stereocenters. The number of morpholine rings is 1. The molecule has 1 atom stereocenters. The predicted octanol–water partition coefficient (Wildman–Crippen LogP) is 1.40. The van der Waals surface area contributed by atoms with Crippen molar-refractivity contribution in [3.63, 3.8) is 0 Å². The summed E-state index contributed by atoms with van der Waals surface area (Å²) in [5.74, 6) is 0.965. The second kappa shape index (κ2) is 4.47. The second-order valence-electron chi connectivity index (χ2n) is 4.57. The van der Waals surface area contributed by atoms with Gasteiger partial charge in [-0.05, 0) is 31.0 Å². The van der Waals surface area contributed by atoms with Crippen LogP contribution >= 0.6 is 0 Å². The van der Waals surface area contributed by atoms with Crippen molar-refractivity contribution in [3.05, 3.63) is 29.6 Å². The van der Waals surface area contributed by atoms with Crippen LogP contribution < -0.4 is 5.32 Å². The highest BCUT2D eigenvalue weighted by Gasteiger charge is 2.14. The van der Waals surface area contributed by atoms with Gasteiger partial charge in [-0.1, -0.05) is 6.07 Å². The summed E-state index contributed by atoms with van der Waals surface area (Å²) < 4.78 is 5.71. The van der Waals surface area contributed by atoms with Crippen molar-refractivity contribution < 1.29 is 4.74 Å². The molecule has 0 aliphatic carbocycles. The van der Waals surface area contributed by atoms with Crippen molar-refractivity contribution in [1.29, 1.82) is 0 Å². The van der Waals surface area contributed by atoms with Crippen molar-refractivity contribution in [1.82, 2.24) is 15.3 Å². The lowest BCUT2D eigenvalue weighted by atomic mass is 10.1. The molecule has 0 saturated carbocycles. The fourth-order valence-electron chi connectivity index (χ4n) is 2.33. The molecular weight excluding hydrogens is 214 g/mol. The van der Waals surface area contributed by atoms with Crippen molar-refractivity contribution in [2.45, 2.75) is 19.4 Å². The minimum Gasteiger partial charge on any atom is -0.375 e. The monoisotopic (exact) mass is 231 g/mol. The smallest absolute Gasteiger partial charge is 0.104 e. The fraction of sp³-hybridized carbons (Fsp3) is 0.462. The van der Waals surface area contributed by atoms with Gasteiger partial charge in [0, 0.05) is 13.1 Å². The molecule has 2 N–H and O–H groups in total. The van der Waals surface area contributed by atoms with Crippen LogP contribution in [0.4, 0.5) is 0 Å². The molecule has 1 aliphatic rings. The number of ether oxygens (including phenoxy) is 1. The molecule has 4 heteroatoms. The molecule has 90 valence electrons. The third-order valence-electron chi connectivity index (χ3n) is 3.13. The Balaban J connectivity index is 1.79. The SMILES string of the molecule is Cc1nc2ccc(CC3CNCCO3)cc2[nH]1. The highest BCUT2D eigenvalue weighted by molar-refractivity contribution is 5.75. The lowest BCUT2D eigenvalue weighted by Crippen LogP contribution is -2.39. The first-order chi connectivity index (χ1) is 8.31. The van der Waals surface area contributed by atoms with Crippen molar-refractivity contribution in [3.8, 4) is 0 Å². The van der Waals surface area contributed by atoms with E-state index in [0.29, 0.717) is 6.10 Å². The van der Waals surface area contributed by atoms with Crippen LogP contribution in [-0.4, -0.2) is 35.8 Å². The van der Waals surface area contributed by atoms with Gasteiger partial charge in [-0.2, -0.15) is 0 Å². The van der Waals surface area contributed by atoms with Gasteiger partial charge in [0.15, 0.2) is 0 Å². The number of aryl methyl sites for hydroxylation is 1. The first-order valence-corrected chi connectivity index (χ1v) is 6.09. The van der Waals surface area contributed by atoms with Gasteiger partial charge < -0.3 is 15.0 Å². The van der Waals surface area contributed by atoms with E-state index in [1.54, 1.807) is 0 Å². The van der Waals surface area contributed by atoms with Gasteiger partial charge in [0.25, 0.3) is 0 Å². The fourth-order valence-corrected chi connectivity index (χ4v) is 2.33. The lowest BCUT2D eigenvalue weighted by Gasteiger charge is -2.23. The first kappa shape index (κ1) is 10.7. The first-order valence-electron chi connectivity index (χ1n) is 6.09. The summed E-state index contributed by atoms with van der Waals surface area (Å²) in [6.45, 7) is 4.71. The predicted molar refractivity (Wildman–Crippen MR) is 67.1 cm³/mol. The van der Waals surface area contributed by atoms with Gasteiger partial charge in [-0.25, -0.2) is 4.98 Å². The molecule has 1 aromatic carbocycles. The van der Waals surface area contributed by atoms with Crippen LogP contribution in [0, 0.1) is 6.92 Å². The Morgan fingerprint density at radius 3 is 3.24 bits per heavy atom. The summed E-state index contributed by atoms with van der Waals surface area (Å²) in [5.41, 5.74) is 3.45. The van der Waals surface area contributed by atoms with Gasteiger partial charge in [0.05, 0.1) is 23.7 Å². The molecule has 3 rings (SSSR count). The molecule has 0 radical (unpaired) electrons. The van der Waals surface area contributed by atoms with E-state index in [1.807, 2.05) is 6.92 Å². The van der Waals surface area contributed by atoms with E-state index in [4.69, 9.17) is 4.74 Å². The lowest BCUT2D eigenvalue weighted by molar-refractivity contribution is 0.0292. The van der Waals surface area contributed by atoms with Crippen molar-refractivity contribution in [2.75, 3.05) is 19.7 Å². The molecule has 2 aromatic rings. The number of fused-ring (bicyclic) bond motifs is 1. The zero-order chi connectivity index (χ0) is 11.7. The van der Waals surface area contributed by atoms with Gasteiger partial charge in [-0.15, -0.1) is 0 Å². The molecule has 0 spiro atoms. The minimum absolute atomic E-state index is 0.296. The maximum absolute atomic E-state index is 5.71. The molecule has 2 heterocycles. The summed E-state index contributed by atoms with van der Waals surface area (Å²) in [7, 11) is 0. The quantitative estimate of drug-likeness (QED) is 0.821. The van der Waals surface area contributed by atoms with E-state index < -0.39 is 0 Å². The summed E-state index contributed by atoms with van der Waals surface area (Å²) in [4.78, 5) is 7.67. The van der Waals surface area contributed by atoms with Crippen molar-refractivity contribution >= 4 is 11.0 Å². The Morgan fingerprint density at radius 1 is 1.47 bits per heavy atom. The average Bonchev–Trinajstić information content (AvgIpc) is 2.70. The van der Waals surface area contributed by atoms with E-state index in [1.165, 1.54) is 5.56 Å². The Morgan fingerprint density at radius 2 is 2.41 bits per heavy atom. The third kappa shape index (κ3) is 2.33. The van der Waals surface area contributed by atoms with E-state index in [2.05, 4.69) is 33.5 Å². The zero-order valence-electron chi connectivity index (χ0n) is 9.99. The molecule has 1 fully saturated rings. The number of aromatic nitrogens is 2. The molecule has 1 aromatic heterocycles. The van der Waals surface area contributed by atoms with Crippen molar-refractivity contribution in [2.24, 2.45) is 0 Å². The normalized spacial score (nSPS) is 20.9. The molecule has 1 aliphatic heterocycles. The molecule has 17 heavy (non-hydrogen) atoms. The van der Waals surface area contributed by atoms with Crippen LogP contribution in [0.25, 0.3) is 11.0 Å². The number of imidazole rings is 1. The number of rotatable bonds is 2. The van der Waals surface area contributed by atoms with E-state index in [-0.39, 0.29) is 0 Å². The van der Waals surface area contributed by atoms with Crippen LogP contribution in [0.1, 0.15) is 11.4 Å². The highest BCUT2D eigenvalue weighted by atomic mass is 16.5. The summed E-state index contributed by atoms with van der Waals surface area (Å²) in [6.07, 6.45) is 1.26. The summed E-state index contributed by atoms with van der Waals surface area (Å²) >= 11 is 0.